The third-order valence-corrected chi connectivity index (χ3v) is 2.27. The van der Waals surface area contributed by atoms with Crippen molar-refractivity contribution in [2.75, 3.05) is 13.2 Å². The predicted molar refractivity (Wildman–Crippen MR) is 59.9 cm³/mol. The molecule has 0 aliphatic rings. The summed E-state index contributed by atoms with van der Waals surface area (Å²) < 4.78 is 0. The summed E-state index contributed by atoms with van der Waals surface area (Å²) in [6, 6.07) is 1.75. The van der Waals surface area contributed by atoms with E-state index in [1.54, 1.807) is 11.0 Å². The molecule has 1 rings (SSSR count). The summed E-state index contributed by atoms with van der Waals surface area (Å²) in [5.41, 5.74) is 0.529. The number of aliphatic hydroxyl groups is 1. The lowest BCUT2D eigenvalue weighted by Gasteiger charge is -2.26. The van der Waals surface area contributed by atoms with Gasteiger partial charge in [0.1, 0.15) is 0 Å². The Bertz CT molecular complexity index is 327. The number of carbonyl (C=O) groups excluding carboxylic acids is 1. The SMILES string of the molecule is CC(C)N(CCCO)C(=O)c1ccnnc1. The summed E-state index contributed by atoms with van der Waals surface area (Å²) in [4.78, 5) is 13.8. The molecule has 0 fully saturated rings. The first-order valence-electron chi connectivity index (χ1n) is 5.35. The van der Waals surface area contributed by atoms with Crippen molar-refractivity contribution in [2.24, 2.45) is 0 Å². The Morgan fingerprint density at radius 2 is 2.25 bits per heavy atom. The van der Waals surface area contributed by atoms with Crippen molar-refractivity contribution in [1.82, 2.24) is 15.1 Å². The summed E-state index contributed by atoms with van der Waals surface area (Å²) in [7, 11) is 0. The van der Waals surface area contributed by atoms with Crippen LogP contribution in [-0.2, 0) is 0 Å². The standard InChI is InChI=1S/C11H17N3O2/c1-9(2)14(6-3-7-15)11(16)10-4-5-12-13-8-10/h4-5,8-9,15H,3,6-7H2,1-2H3. The molecule has 1 amide bonds. The highest BCUT2D eigenvalue weighted by Crippen LogP contribution is 2.07. The Hall–Kier alpha value is -1.49. The van der Waals surface area contributed by atoms with Crippen LogP contribution in [0.2, 0.25) is 0 Å². The molecule has 1 aromatic heterocycles. The lowest BCUT2D eigenvalue weighted by molar-refractivity contribution is 0.0692. The van der Waals surface area contributed by atoms with Crippen LogP contribution in [-0.4, -0.2) is 45.3 Å². The first kappa shape index (κ1) is 12.6. The molecular formula is C11H17N3O2. The Kier molecular flexibility index (Phi) is 4.85. The second-order valence-corrected chi connectivity index (χ2v) is 3.80. The van der Waals surface area contributed by atoms with Gasteiger partial charge in [-0.25, -0.2) is 0 Å². The van der Waals surface area contributed by atoms with Crippen molar-refractivity contribution in [3.63, 3.8) is 0 Å². The zero-order chi connectivity index (χ0) is 12.0. The molecule has 0 saturated heterocycles. The number of hydrogen-bond acceptors (Lipinski definition) is 4. The number of aliphatic hydroxyl groups excluding tert-OH is 1. The number of nitrogens with zero attached hydrogens (tertiary/aromatic N) is 3. The van der Waals surface area contributed by atoms with E-state index in [0.717, 1.165) is 0 Å². The van der Waals surface area contributed by atoms with E-state index in [1.165, 1.54) is 12.4 Å². The van der Waals surface area contributed by atoms with E-state index in [0.29, 0.717) is 18.5 Å². The number of rotatable bonds is 5. The van der Waals surface area contributed by atoms with E-state index in [1.807, 2.05) is 13.8 Å². The molecule has 0 bridgehead atoms. The molecule has 0 radical (unpaired) electrons. The zero-order valence-corrected chi connectivity index (χ0v) is 9.63. The molecule has 0 aliphatic carbocycles. The van der Waals surface area contributed by atoms with Crippen LogP contribution in [0.5, 0.6) is 0 Å². The predicted octanol–water partition coefficient (Wildman–Crippen LogP) is 0.710. The fraction of sp³-hybridized carbons (Fsp3) is 0.545. The monoisotopic (exact) mass is 223 g/mol. The molecule has 5 heteroatoms. The van der Waals surface area contributed by atoms with Gasteiger partial charge in [-0.05, 0) is 26.3 Å². The van der Waals surface area contributed by atoms with Crippen LogP contribution in [0, 0.1) is 0 Å². The average Bonchev–Trinajstić information content (AvgIpc) is 2.30. The lowest BCUT2D eigenvalue weighted by atomic mass is 10.2. The van der Waals surface area contributed by atoms with Crippen LogP contribution >= 0.6 is 0 Å². The van der Waals surface area contributed by atoms with Gasteiger partial charge in [-0.3, -0.25) is 4.79 Å². The van der Waals surface area contributed by atoms with E-state index in [-0.39, 0.29) is 18.6 Å². The number of carbonyl (C=O) groups is 1. The Balaban J connectivity index is 2.75. The minimum absolute atomic E-state index is 0.0710. The zero-order valence-electron chi connectivity index (χ0n) is 9.63. The first-order valence-corrected chi connectivity index (χ1v) is 5.35. The highest BCUT2D eigenvalue weighted by atomic mass is 16.3. The van der Waals surface area contributed by atoms with Gasteiger partial charge in [0, 0.05) is 19.2 Å². The van der Waals surface area contributed by atoms with Crippen LogP contribution in [0.15, 0.2) is 18.5 Å². The summed E-state index contributed by atoms with van der Waals surface area (Å²) in [6.45, 7) is 4.54. The van der Waals surface area contributed by atoms with Crippen LogP contribution in [0.25, 0.3) is 0 Å². The highest BCUT2D eigenvalue weighted by molar-refractivity contribution is 5.93. The largest absolute Gasteiger partial charge is 0.396 e. The lowest BCUT2D eigenvalue weighted by Crippen LogP contribution is -2.38. The van der Waals surface area contributed by atoms with Crippen LogP contribution in [0.1, 0.15) is 30.6 Å². The smallest absolute Gasteiger partial charge is 0.255 e. The van der Waals surface area contributed by atoms with Crippen LogP contribution in [0.3, 0.4) is 0 Å². The minimum Gasteiger partial charge on any atom is -0.396 e. The first-order chi connectivity index (χ1) is 7.66. The molecule has 0 unspecified atom stereocenters. The van der Waals surface area contributed by atoms with Crippen molar-refractivity contribution < 1.29 is 9.90 Å². The van der Waals surface area contributed by atoms with E-state index < -0.39 is 0 Å². The van der Waals surface area contributed by atoms with E-state index in [2.05, 4.69) is 10.2 Å². The maximum Gasteiger partial charge on any atom is 0.255 e. The van der Waals surface area contributed by atoms with Gasteiger partial charge in [-0.2, -0.15) is 10.2 Å². The Labute approximate surface area is 95.1 Å². The number of amides is 1. The fourth-order valence-corrected chi connectivity index (χ4v) is 1.42. The molecule has 0 aromatic carbocycles. The average molecular weight is 223 g/mol. The summed E-state index contributed by atoms with van der Waals surface area (Å²) >= 11 is 0. The van der Waals surface area contributed by atoms with Crippen molar-refractivity contribution >= 4 is 5.91 Å². The molecule has 88 valence electrons. The fourth-order valence-electron chi connectivity index (χ4n) is 1.42. The maximum absolute atomic E-state index is 12.1. The van der Waals surface area contributed by atoms with Gasteiger partial charge >= 0.3 is 0 Å². The van der Waals surface area contributed by atoms with Crippen LogP contribution in [0.4, 0.5) is 0 Å². The molecule has 16 heavy (non-hydrogen) atoms. The van der Waals surface area contributed by atoms with E-state index in [9.17, 15) is 4.79 Å². The van der Waals surface area contributed by atoms with Crippen molar-refractivity contribution in [1.29, 1.82) is 0 Å². The molecule has 0 atom stereocenters. The maximum atomic E-state index is 12.1. The minimum atomic E-state index is -0.0710. The van der Waals surface area contributed by atoms with E-state index >= 15 is 0 Å². The molecule has 1 aromatic rings. The summed E-state index contributed by atoms with van der Waals surface area (Å²) in [6.07, 6.45) is 3.54. The van der Waals surface area contributed by atoms with Crippen molar-refractivity contribution in [3.05, 3.63) is 24.0 Å². The van der Waals surface area contributed by atoms with Gasteiger partial charge in [0.15, 0.2) is 0 Å². The van der Waals surface area contributed by atoms with Gasteiger partial charge < -0.3 is 10.0 Å². The topological polar surface area (TPSA) is 66.3 Å². The highest BCUT2D eigenvalue weighted by Gasteiger charge is 2.18. The molecule has 1 heterocycles. The normalized spacial score (nSPS) is 10.5. The number of aromatic nitrogens is 2. The third-order valence-electron chi connectivity index (χ3n) is 2.27. The quantitative estimate of drug-likeness (QED) is 0.798. The van der Waals surface area contributed by atoms with E-state index in [4.69, 9.17) is 5.11 Å². The van der Waals surface area contributed by atoms with Gasteiger partial charge in [0.05, 0.1) is 18.0 Å². The third kappa shape index (κ3) is 3.27. The Morgan fingerprint density at radius 3 is 2.75 bits per heavy atom. The molecule has 0 saturated carbocycles. The van der Waals surface area contributed by atoms with Crippen molar-refractivity contribution in [3.8, 4) is 0 Å². The second-order valence-electron chi connectivity index (χ2n) is 3.80. The molecule has 0 spiro atoms. The molecular weight excluding hydrogens is 206 g/mol. The Morgan fingerprint density at radius 1 is 1.50 bits per heavy atom. The van der Waals surface area contributed by atoms with Gasteiger partial charge in [-0.1, -0.05) is 0 Å². The molecule has 0 aliphatic heterocycles. The van der Waals surface area contributed by atoms with Gasteiger partial charge in [0.2, 0.25) is 0 Å². The van der Waals surface area contributed by atoms with Gasteiger partial charge in [-0.15, -0.1) is 0 Å². The molecule has 1 N–H and O–H groups in total. The van der Waals surface area contributed by atoms with Crippen molar-refractivity contribution in [2.45, 2.75) is 26.3 Å². The van der Waals surface area contributed by atoms with Crippen LogP contribution < -0.4 is 0 Å². The molecule has 5 nitrogen and oxygen atoms in total. The summed E-state index contributed by atoms with van der Waals surface area (Å²) in [5, 5.41) is 16.1. The summed E-state index contributed by atoms with van der Waals surface area (Å²) in [5.74, 6) is -0.0710. The number of hydrogen-bond donors (Lipinski definition) is 1. The van der Waals surface area contributed by atoms with Gasteiger partial charge in [0.25, 0.3) is 5.91 Å². The second kappa shape index (κ2) is 6.17.